The van der Waals surface area contributed by atoms with Crippen LogP contribution in [0.4, 0.5) is 0 Å². The third kappa shape index (κ3) is 2.30. The van der Waals surface area contributed by atoms with Gasteiger partial charge in [-0.25, -0.2) is 0 Å². The van der Waals surface area contributed by atoms with Crippen molar-refractivity contribution in [2.45, 2.75) is 20.0 Å². The van der Waals surface area contributed by atoms with Gasteiger partial charge in [-0.3, -0.25) is 0 Å². The van der Waals surface area contributed by atoms with Gasteiger partial charge in [0.25, 0.3) is 0 Å². The molecule has 3 aromatic rings. The highest BCUT2D eigenvalue weighted by Gasteiger charge is 2.19. The minimum Gasteiger partial charge on any atom is -0.496 e. The van der Waals surface area contributed by atoms with Crippen LogP contribution in [0.3, 0.4) is 0 Å². The van der Waals surface area contributed by atoms with Crippen molar-refractivity contribution in [1.82, 2.24) is 0 Å². The Morgan fingerprint density at radius 2 is 1.71 bits per heavy atom. The number of aryl methyl sites for hydroxylation is 2. The lowest BCUT2D eigenvalue weighted by atomic mass is 9.95. The monoisotopic (exact) mass is 282 g/mol. The molecule has 3 heteroatoms. The fourth-order valence-corrected chi connectivity index (χ4v) is 2.80. The van der Waals surface area contributed by atoms with Crippen molar-refractivity contribution < 1.29 is 14.3 Å². The van der Waals surface area contributed by atoms with Crippen LogP contribution in [-0.2, 0) is 0 Å². The Morgan fingerprint density at radius 3 is 2.33 bits per heavy atom. The molecule has 1 heterocycles. The highest BCUT2D eigenvalue weighted by atomic mass is 16.5. The third-order valence-corrected chi connectivity index (χ3v) is 3.81. The predicted octanol–water partition coefficient (Wildman–Crippen LogP) is 4.14. The van der Waals surface area contributed by atoms with E-state index in [9.17, 15) is 5.11 Å². The number of aliphatic hydroxyl groups is 1. The molecule has 1 N–H and O–H groups in total. The molecule has 0 aliphatic rings. The second-order valence-corrected chi connectivity index (χ2v) is 5.17. The molecule has 21 heavy (non-hydrogen) atoms. The lowest BCUT2D eigenvalue weighted by Gasteiger charge is -2.15. The third-order valence-electron chi connectivity index (χ3n) is 3.81. The molecule has 1 unspecified atom stereocenters. The molecule has 0 aliphatic heterocycles. The van der Waals surface area contributed by atoms with Gasteiger partial charge >= 0.3 is 0 Å². The van der Waals surface area contributed by atoms with E-state index in [0.29, 0.717) is 0 Å². The van der Waals surface area contributed by atoms with Crippen LogP contribution in [0, 0.1) is 13.8 Å². The predicted molar refractivity (Wildman–Crippen MR) is 82.7 cm³/mol. The summed E-state index contributed by atoms with van der Waals surface area (Å²) in [5.74, 6) is 2.36. The van der Waals surface area contributed by atoms with Crippen LogP contribution in [0.1, 0.15) is 28.8 Å². The first-order valence-corrected chi connectivity index (χ1v) is 6.92. The van der Waals surface area contributed by atoms with Gasteiger partial charge in [0, 0.05) is 10.9 Å². The van der Waals surface area contributed by atoms with E-state index in [1.54, 1.807) is 7.11 Å². The summed E-state index contributed by atoms with van der Waals surface area (Å²) in [6, 6.07) is 13.6. The molecule has 0 bridgehead atoms. The lowest BCUT2D eigenvalue weighted by Crippen LogP contribution is -2.01. The summed E-state index contributed by atoms with van der Waals surface area (Å²) >= 11 is 0. The quantitative estimate of drug-likeness (QED) is 0.785. The molecule has 3 nitrogen and oxygen atoms in total. The van der Waals surface area contributed by atoms with E-state index in [0.717, 1.165) is 39.2 Å². The van der Waals surface area contributed by atoms with Gasteiger partial charge in [0.2, 0.25) is 0 Å². The van der Waals surface area contributed by atoms with Crippen molar-refractivity contribution in [1.29, 1.82) is 0 Å². The van der Waals surface area contributed by atoms with Gasteiger partial charge in [-0.15, -0.1) is 0 Å². The summed E-state index contributed by atoms with van der Waals surface area (Å²) in [6.45, 7) is 3.76. The van der Waals surface area contributed by atoms with Crippen LogP contribution >= 0.6 is 0 Å². The molecule has 3 rings (SSSR count). The fraction of sp³-hybridized carbons (Fsp3) is 0.222. The zero-order valence-electron chi connectivity index (χ0n) is 12.4. The minimum atomic E-state index is -0.710. The van der Waals surface area contributed by atoms with E-state index < -0.39 is 6.10 Å². The van der Waals surface area contributed by atoms with Gasteiger partial charge in [0.1, 0.15) is 23.4 Å². The zero-order chi connectivity index (χ0) is 15.0. The number of methoxy groups -OCH3 is 1. The van der Waals surface area contributed by atoms with Crippen molar-refractivity contribution in [3.05, 3.63) is 65.1 Å². The molecule has 2 aromatic carbocycles. The molecule has 0 saturated carbocycles. The number of rotatable bonds is 3. The van der Waals surface area contributed by atoms with Crippen molar-refractivity contribution >= 4 is 10.8 Å². The molecule has 0 saturated heterocycles. The largest absolute Gasteiger partial charge is 0.496 e. The Bertz CT molecular complexity index is 786. The van der Waals surface area contributed by atoms with Crippen LogP contribution in [0.25, 0.3) is 10.8 Å². The molecule has 0 spiro atoms. The fourth-order valence-electron chi connectivity index (χ4n) is 2.80. The van der Waals surface area contributed by atoms with E-state index in [1.807, 2.05) is 56.3 Å². The number of ether oxygens (including phenoxy) is 1. The molecular formula is C18H18O3. The first-order valence-electron chi connectivity index (χ1n) is 6.92. The van der Waals surface area contributed by atoms with Crippen molar-refractivity contribution in [3.63, 3.8) is 0 Å². The molecule has 0 radical (unpaired) electrons. The molecule has 1 aromatic heterocycles. The molecule has 0 fully saturated rings. The summed E-state index contributed by atoms with van der Waals surface area (Å²) in [4.78, 5) is 0. The molecule has 1 atom stereocenters. The van der Waals surface area contributed by atoms with Gasteiger partial charge < -0.3 is 14.3 Å². The standard InChI is InChI=1S/C18H18O3/c1-11-10-16(12(2)21-11)18(19)15-8-9-17(20-3)14-7-5-4-6-13(14)15/h4-10,18-19H,1-3H3. The molecule has 0 aliphatic carbocycles. The SMILES string of the molecule is COc1ccc(C(O)c2cc(C)oc2C)c2ccccc12. The Kier molecular flexibility index (Phi) is 3.43. The Labute approximate surface area is 123 Å². The molecule has 108 valence electrons. The Balaban J connectivity index is 2.19. The molecule has 0 amide bonds. The first-order chi connectivity index (χ1) is 10.1. The normalized spacial score (nSPS) is 12.6. The minimum absolute atomic E-state index is 0.710. The summed E-state index contributed by atoms with van der Waals surface area (Å²) in [5.41, 5.74) is 1.66. The summed E-state index contributed by atoms with van der Waals surface area (Å²) in [7, 11) is 1.65. The van der Waals surface area contributed by atoms with E-state index in [1.165, 1.54) is 0 Å². The van der Waals surface area contributed by atoms with Crippen LogP contribution in [0.15, 0.2) is 46.9 Å². The van der Waals surface area contributed by atoms with Crippen LogP contribution in [-0.4, -0.2) is 12.2 Å². The Morgan fingerprint density at radius 1 is 1.00 bits per heavy atom. The highest BCUT2D eigenvalue weighted by molar-refractivity contribution is 5.91. The zero-order valence-corrected chi connectivity index (χ0v) is 12.4. The van der Waals surface area contributed by atoms with Gasteiger partial charge in [-0.2, -0.15) is 0 Å². The van der Waals surface area contributed by atoms with Crippen molar-refractivity contribution in [2.75, 3.05) is 7.11 Å². The maximum absolute atomic E-state index is 10.7. The Hall–Kier alpha value is -2.26. The molecular weight excluding hydrogens is 264 g/mol. The topological polar surface area (TPSA) is 42.6 Å². The van der Waals surface area contributed by atoms with E-state index in [4.69, 9.17) is 9.15 Å². The summed E-state index contributed by atoms with van der Waals surface area (Å²) < 4.78 is 10.9. The first kappa shape index (κ1) is 13.7. The summed E-state index contributed by atoms with van der Waals surface area (Å²) in [6.07, 6.45) is -0.710. The number of furan rings is 1. The average Bonchev–Trinajstić information content (AvgIpc) is 2.84. The number of benzene rings is 2. The van der Waals surface area contributed by atoms with Crippen molar-refractivity contribution in [2.24, 2.45) is 0 Å². The van der Waals surface area contributed by atoms with Crippen LogP contribution < -0.4 is 4.74 Å². The second-order valence-electron chi connectivity index (χ2n) is 5.17. The second kappa shape index (κ2) is 5.26. The van der Waals surface area contributed by atoms with Crippen LogP contribution in [0.2, 0.25) is 0 Å². The van der Waals surface area contributed by atoms with Gasteiger partial charge in [-0.05, 0) is 36.9 Å². The maximum atomic E-state index is 10.7. The highest BCUT2D eigenvalue weighted by Crippen LogP contribution is 2.35. The van der Waals surface area contributed by atoms with Crippen LogP contribution in [0.5, 0.6) is 5.75 Å². The summed E-state index contributed by atoms with van der Waals surface area (Å²) in [5, 5.41) is 12.7. The van der Waals surface area contributed by atoms with E-state index in [-0.39, 0.29) is 0 Å². The van der Waals surface area contributed by atoms with Crippen molar-refractivity contribution in [3.8, 4) is 5.75 Å². The smallest absolute Gasteiger partial charge is 0.126 e. The number of hydrogen-bond donors (Lipinski definition) is 1. The number of fused-ring (bicyclic) bond motifs is 1. The number of hydrogen-bond acceptors (Lipinski definition) is 3. The van der Waals surface area contributed by atoms with Gasteiger partial charge in [0.05, 0.1) is 7.11 Å². The van der Waals surface area contributed by atoms with E-state index >= 15 is 0 Å². The number of aliphatic hydroxyl groups excluding tert-OH is 1. The maximum Gasteiger partial charge on any atom is 0.126 e. The van der Waals surface area contributed by atoms with Gasteiger partial charge in [-0.1, -0.05) is 30.3 Å². The average molecular weight is 282 g/mol. The van der Waals surface area contributed by atoms with E-state index in [2.05, 4.69) is 0 Å². The van der Waals surface area contributed by atoms with Gasteiger partial charge in [0.15, 0.2) is 0 Å². The lowest BCUT2D eigenvalue weighted by molar-refractivity contribution is 0.219.